The van der Waals surface area contributed by atoms with Crippen molar-refractivity contribution in [2.45, 2.75) is 44.5 Å². The van der Waals surface area contributed by atoms with Crippen molar-refractivity contribution >= 4 is 9.84 Å². The highest BCUT2D eigenvalue weighted by Crippen LogP contribution is 2.30. The van der Waals surface area contributed by atoms with Crippen LogP contribution in [0.3, 0.4) is 0 Å². The summed E-state index contributed by atoms with van der Waals surface area (Å²) in [5.74, 6) is 0.213. The predicted molar refractivity (Wildman–Crippen MR) is 52.3 cm³/mol. The summed E-state index contributed by atoms with van der Waals surface area (Å²) >= 11 is 0. The van der Waals surface area contributed by atoms with Gasteiger partial charge in [0.2, 0.25) is 0 Å². The summed E-state index contributed by atoms with van der Waals surface area (Å²) in [5, 5.41) is 9.33. The number of hydrogen-bond donors (Lipinski definition) is 1. The third kappa shape index (κ3) is 2.23. The van der Waals surface area contributed by atoms with Crippen molar-refractivity contribution in [3.63, 3.8) is 0 Å². The lowest BCUT2D eigenvalue weighted by Gasteiger charge is -2.20. The molecule has 4 heteroatoms. The molecule has 1 fully saturated rings. The normalized spacial score (nSPS) is 34.7. The summed E-state index contributed by atoms with van der Waals surface area (Å²) in [4.78, 5) is 0. The van der Waals surface area contributed by atoms with Gasteiger partial charge in [-0.15, -0.1) is 0 Å². The molecule has 1 rings (SSSR count). The lowest BCUT2D eigenvalue weighted by molar-refractivity contribution is 0.0997. The Hall–Kier alpha value is -0.0900. The molecule has 0 aromatic heterocycles. The summed E-state index contributed by atoms with van der Waals surface area (Å²) in [6.07, 6.45) is 1.82. The first-order valence-electron chi connectivity index (χ1n) is 4.88. The van der Waals surface area contributed by atoms with Crippen LogP contribution in [0.2, 0.25) is 0 Å². The van der Waals surface area contributed by atoms with E-state index in [-0.39, 0.29) is 16.9 Å². The molecule has 3 atom stereocenters. The maximum absolute atomic E-state index is 11.4. The average molecular weight is 206 g/mol. The molecule has 0 aromatic carbocycles. The summed E-state index contributed by atoms with van der Waals surface area (Å²) in [6, 6.07) is 0. The van der Waals surface area contributed by atoms with E-state index in [1.54, 1.807) is 6.92 Å². The zero-order chi connectivity index (χ0) is 10.1. The molecule has 13 heavy (non-hydrogen) atoms. The number of rotatable bonds is 3. The Labute approximate surface area is 80.1 Å². The minimum Gasteiger partial charge on any atom is -0.393 e. The standard InChI is InChI=1S/C9H18O3S/c1-3-4-9(10)8-5-6-13(11,12)7(8)2/h7-10H,3-6H2,1-2H3. The average Bonchev–Trinajstić information content (AvgIpc) is 2.28. The van der Waals surface area contributed by atoms with Gasteiger partial charge in [0.1, 0.15) is 0 Å². The van der Waals surface area contributed by atoms with Gasteiger partial charge in [0.25, 0.3) is 0 Å². The fraction of sp³-hybridized carbons (Fsp3) is 1.00. The van der Waals surface area contributed by atoms with Gasteiger partial charge in [-0.3, -0.25) is 0 Å². The Morgan fingerprint density at radius 3 is 2.54 bits per heavy atom. The molecule has 0 bridgehead atoms. The van der Waals surface area contributed by atoms with Crippen LogP contribution in [0.25, 0.3) is 0 Å². The second-order valence-corrected chi connectivity index (χ2v) is 6.36. The molecule has 0 aliphatic carbocycles. The summed E-state index contributed by atoms with van der Waals surface area (Å²) < 4.78 is 22.7. The van der Waals surface area contributed by atoms with Gasteiger partial charge in [0.05, 0.1) is 17.1 Å². The van der Waals surface area contributed by atoms with Crippen molar-refractivity contribution in [3.05, 3.63) is 0 Å². The van der Waals surface area contributed by atoms with Gasteiger partial charge in [-0.25, -0.2) is 8.42 Å². The van der Waals surface area contributed by atoms with E-state index in [1.807, 2.05) is 6.92 Å². The van der Waals surface area contributed by atoms with E-state index in [2.05, 4.69) is 0 Å². The monoisotopic (exact) mass is 206 g/mol. The van der Waals surface area contributed by atoms with Crippen LogP contribution in [-0.4, -0.2) is 30.6 Å². The fourth-order valence-electron chi connectivity index (χ4n) is 2.00. The minimum atomic E-state index is -2.90. The highest BCUT2D eigenvalue weighted by molar-refractivity contribution is 7.92. The molecule has 1 aliphatic rings. The Bertz CT molecular complexity index is 258. The molecule has 1 heterocycles. The van der Waals surface area contributed by atoms with E-state index in [0.717, 1.165) is 6.42 Å². The lowest BCUT2D eigenvalue weighted by Crippen LogP contribution is -2.28. The van der Waals surface area contributed by atoms with Crippen molar-refractivity contribution in [2.75, 3.05) is 5.75 Å². The van der Waals surface area contributed by atoms with E-state index in [1.165, 1.54) is 0 Å². The minimum absolute atomic E-state index is 0.0371. The second kappa shape index (κ2) is 3.96. The molecule has 78 valence electrons. The summed E-state index contributed by atoms with van der Waals surface area (Å²) in [5.41, 5.74) is 0. The van der Waals surface area contributed by atoms with Crippen molar-refractivity contribution < 1.29 is 13.5 Å². The first-order chi connectivity index (χ1) is 5.99. The van der Waals surface area contributed by atoms with E-state index in [9.17, 15) is 13.5 Å². The third-order valence-corrected chi connectivity index (χ3v) is 5.27. The molecular weight excluding hydrogens is 188 g/mol. The van der Waals surface area contributed by atoms with Gasteiger partial charge in [-0.1, -0.05) is 13.3 Å². The van der Waals surface area contributed by atoms with Gasteiger partial charge >= 0.3 is 0 Å². The Kier molecular flexibility index (Phi) is 3.35. The highest BCUT2D eigenvalue weighted by atomic mass is 32.2. The molecule has 0 aromatic rings. The fourth-order valence-corrected chi connectivity index (χ4v) is 3.82. The Balaban J connectivity index is 2.65. The summed E-state index contributed by atoms with van der Waals surface area (Å²) in [6.45, 7) is 3.71. The first-order valence-corrected chi connectivity index (χ1v) is 6.60. The van der Waals surface area contributed by atoms with Gasteiger partial charge in [-0.2, -0.15) is 0 Å². The van der Waals surface area contributed by atoms with Crippen LogP contribution in [0.5, 0.6) is 0 Å². The van der Waals surface area contributed by atoms with E-state index in [0.29, 0.717) is 12.8 Å². The molecule has 0 saturated carbocycles. The molecular formula is C9H18O3S. The van der Waals surface area contributed by atoms with Crippen LogP contribution < -0.4 is 0 Å². The molecule has 1 aliphatic heterocycles. The maximum atomic E-state index is 11.4. The van der Waals surface area contributed by atoms with Crippen LogP contribution in [0.15, 0.2) is 0 Å². The largest absolute Gasteiger partial charge is 0.393 e. The molecule has 0 radical (unpaired) electrons. The number of sulfone groups is 1. The van der Waals surface area contributed by atoms with E-state index < -0.39 is 15.9 Å². The van der Waals surface area contributed by atoms with Crippen LogP contribution >= 0.6 is 0 Å². The molecule has 1 saturated heterocycles. The number of aliphatic hydroxyl groups is 1. The van der Waals surface area contributed by atoms with Crippen LogP contribution in [0.1, 0.15) is 33.1 Å². The molecule has 3 unspecified atom stereocenters. The molecule has 1 N–H and O–H groups in total. The third-order valence-electron chi connectivity index (χ3n) is 2.98. The van der Waals surface area contributed by atoms with Crippen LogP contribution in [-0.2, 0) is 9.84 Å². The molecule has 0 spiro atoms. The lowest BCUT2D eigenvalue weighted by atomic mass is 9.94. The van der Waals surface area contributed by atoms with Gasteiger partial charge in [-0.05, 0) is 19.8 Å². The predicted octanol–water partition coefficient (Wildman–Crippen LogP) is 0.971. The number of aliphatic hydroxyl groups excluding tert-OH is 1. The van der Waals surface area contributed by atoms with E-state index in [4.69, 9.17) is 0 Å². The highest BCUT2D eigenvalue weighted by Gasteiger charge is 2.39. The maximum Gasteiger partial charge on any atom is 0.153 e. The van der Waals surface area contributed by atoms with Crippen LogP contribution in [0.4, 0.5) is 0 Å². The van der Waals surface area contributed by atoms with Crippen molar-refractivity contribution in [3.8, 4) is 0 Å². The SMILES string of the molecule is CCCC(O)C1CCS(=O)(=O)C1C. The van der Waals surface area contributed by atoms with Crippen molar-refractivity contribution in [1.82, 2.24) is 0 Å². The quantitative estimate of drug-likeness (QED) is 0.748. The van der Waals surface area contributed by atoms with E-state index >= 15 is 0 Å². The molecule has 0 amide bonds. The van der Waals surface area contributed by atoms with Gasteiger partial charge < -0.3 is 5.11 Å². The number of hydrogen-bond acceptors (Lipinski definition) is 3. The first kappa shape index (κ1) is 11.0. The smallest absolute Gasteiger partial charge is 0.153 e. The summed E-state index contributed by atoms with van der Waals surface area (Å²) in [7, 11) is -2.90. The zero-order valence-corrected chi connectivity index (χ0v) is 9.05. The van der Waals surface area contributed by atoms with Gasteiger partial charge in [0, 0.05) is 5.92 Å². The van der Waals surface area contributed by atoms with Gasteiger partial charge in [0.15, 0.2) is 9.84 Å². The Morgan fingerprint density at radius 1 is 1.54 bits per heavy atom. The molecule has 3 nitrogen and oxygen atoms in total. The van der Waals surface area contributed by atoms with Crippen molar-refractivity contribution in [2.24, 2.45) is 5.92 Å². The second-order valence-electron chi connectivity index (χ2n) is 3.88. The zero-order valence-electron chi connectivity index (χ0n) is 8.23. The Morgan fingerprint density at radius 2 is 2.15 bits per heavy atom. The topological polar surface area (TPSA) is 54.4 Å². The van der Waals surface area contributed by atoms with Crippen LogP contribution in [0, 0.1) is 5.92 Å². The van der Waals surface area contributed by atoms with Crippen molar-refractivity contribution in [1.29, 1.82) is 0 Å².